The van der Waals surface area contributed by atoms with Crippen LogP contribution >= 0.6 is 12.2 Å². The normalized spacial score (nSPS) is 36.2. The first-order valence-electron chi connectivity index (χ1n) is 15.5. The molecule has 4 aliphatic rings. The molecule has 2 N–H and O–H groups in total. The van der Waals surface area contributed by atoms with E-state index in [1.54, 1.807) is 6.21 Å². The average Bonchev–Trinajstić information content (AvgIpc) is 3.34. The third-order valence-corrected chi connectivity index (χ3v) is 11.8. The summed E-state index contributed by atoms with van der Waals surface area (Å²) < 4.78 is 4.88. The fourth-order valence-corrected chi connectivity index (χ4v) is 9.42. The average molecular weight is 579 g/mol. The van der Waals surface area contributed by atoms with Crippen molar-refractivity contribution in [1.29, 1.82) is 0 Å². The zero-order chi connectivity index (χ0) is 29.2. The summed E-state index contributed by atoms with van der Waals surface area (Å²) >= 11 is 5.38. The number of thiocarbonyl (C=S) groups is 1. The number of benzene rings is 1. The highest BCUT2D eigenvalue weighted by Gasteiger charge is 2.63. The van der Waals surface area contributed by atoms with Gasteiger partial charge in [-0.25, -0.2) is 0 Å². The van der Waals surface area contributed by atoms with Crippen molar-refractivity contribution in [2.24, 2.45) is 56.5 Å². The molecule has 0 spiro atoms. The second-order valence-corrected chi connectivity index (χ2v) is 13.9. The standard InChI is InChI=1S/C33H46N4O3S/c1-21(10-15-30(39)40-4)26-13-14-27-25-12-11-23-18-24(16-17-32(23,2)28(25)19-29(38)33(26,27)3)35-37-31(41)36-34-20-22-8-6-5-7-9-22/h5-9,20-21,23,25-28H,10-19H2,1-4H3,(H2,36,37,41)/b34-20+,35-24+/t21-,23-,25+,26-,27+,28+,32+,33-/m1/s1. The fourth-order valence-electron chi connectivity index (χ4n) is 9.32. The van der Waals surface area contributed by atoms with Crippen molar-refractivity contribution < 1.29 is 14.3 Å². The molecule has 8 heteroatoms. The monoisotopic (exact) mass is 578 g/mol. The van der Waals surface area contributed by atoms with Crippen molar-refractivity contribution >= 4 is 41.0 Å². The van der Waals surface area contributed by atoms with E-state index in [-0.39, 0.29) is 16.8 Å². The Bertz CT molecular complexity index is 1200. The summed E-state index contributed by atoms with van der Waals surface area (Å²) in [6.07, 6.45) is 11.3. The molecule has 0 unspecified atom stereocenters. The maximum Gasteiger partial charge on any atom is 0.305 e. The Balaban J connectivity index is 1.20. The lowest BCUT2D eigenvalue weighted by Gasteiger charge is -2.60. The van der Waals surface area contributed by atoms with Crippen LogP contribution < -0.4 is 10.9 Å². The number of methoxy groups -OCH3 is 1. The maximum absolute atomic E-state index is 14.0. The molecule has 7 nitrogen and oxygen atoms in total. The summed E-state index contributed by atoms with van der Waals surface area (Å²) in [5, 5.41) is 9.26. The van der Waals surface area contributed by atoms with E-state index in [1.165, 1.54) is 20.0 Å². The van der Waals surface area contributed by atoms with E-state index in [9.17, 15) is 9.59 Å². The molecule has 8 atom stereocenters. The van der Waals surface area contributed by atoms with Crippen molar-refractivity contribution in [1.82, 2.24) is 10.9 Å². The summed E-state index contributed by atoms with van der Waals surface area (Å²) in [6, 6.07) is 9.87. The van der Waals surface area contributed by atoms with Crippen LogP contribution in [-0.2, 0) is 14.3 Å². The van der Waals surface area contributed by atoms with Crippen molar-refractivity contribution in [2.45, 2.75) is 85.0 Å². The van der Waals surface area contributed by atoms with E-state index in [0.717, 1.165) is 49.8 Å². The highest BCUT2D eigenvalue weighted by atomic mass is 32.1. The minimum absolute atomic E-state index is 0.150. The van der Waals surface area contributed by atoms with Crippen LogP contribution in [0, 0.1) is 46.3 Å². The quantitative estimate of drug-likeness (QED) is 0.172. The number of nitrogens with zero attached hydrogens (tertiary/aromatic N) is 2. The van der Waals surface area contributed by atoms with E-state index in [2.05, 4.69) is 41.8 Å². The molecule has 0 saturated heterocycles. The van der Waals surface area contributed by atoms with E-state index in [4.69, 9.17) is 17.0 Å². The van der Waals surface area contributed by atoms with Gasteiger partial charge < -0.3 is 4.74 Å². The van der Waals surface area contributed by atoms with Crippen LogP contribution in [0.4, 0.5) is 0 Å². The van der Waals surface area contributed by atoms with Crippen LogP contribution in [0.25, 0.3) is 0 Å². The number of hydrogen-bond donors (Lipinski definition) is 2. The molecule has 4 saturated carbocycles. The minimum Gasteiger partial charge on any atom is -0.469 e. The summed E-state index contributed by atoms with van der Waals surface area (Å²) in [4.78, 5) is 25.8. The van der Waals surface area contributed by atoms with Gasteiger partial charge >= 0.3 is 5.97 Å². The van der Waals surface area contributed by atoms with Crippen LogP contribution in [0.5, 0.6) is 0 Å². The van der Waals surface area contributed by atoms with Gasteiger partial charge in [-0.1, -0.05) is 51.1 Å². The largest absolute Gasteiger partial charge is 0.469 e. The first kappa shape index (κ1) is 29.9. The van der Waals surface area contributed by atoms with Crippen molar-refractivity contribution in [3.63, 3.8) is 0 Å². The Morgan fingerprint density at radius 2 is 1.90 bits per heavy atom. The molecule has 0 aliphatic heterocycles. The Labute approximate surface area is 250 Å². The van der Waals surface area contributed by atoms with E-state index >= 15 is 0 Å². The zero-order valence-corrected chi connectivity index (χ0v) is 25.8. The Morgan fingerprint density at radius 3 is 2.66 bits per heavy atom. The lowest BCUT2D eigenvalue weighted by molar-refractivity contribution is -0.155. The van der Waals surface area contributed by atoms with Gasteiger partial charge in [0.15, 0.2) is 0 Å². The summed E-state index contributed by atoms with van der Waals surface area (Å²) in [7, 11) is 1.45. The van der Waals surface area contributed by atoms with Gasteiger partial charge in [-0.3, -0.25) is 20.4 Å². The molecule has 5 rings (SSSR count). The van der Waals surface area contributed by atoms with Gasteiger partial charge in [-0.15, -0.1) is 0 Å². The number of hydrazone groups is 2. The van der Waals surface area contributed by atoms with Gasteiger partial charge in [0.25, 0.3) is 0 Å². The number of fused-ring (bicyclic) bond motifs is 5. The molecule has 4 fully saturated rings. The molecule has 41 heavy (non-hydrogen) atoms. The van der Waals surface area contributed by atoms with Gasteiger partial charge in [0, 0.05) is 24.0 Å². The Kier molecular flexibility index (Phi) is 8.98. The molecule has 0 bridgehead atoms. The summed E-state index contributed by atoms with van der Waals surface area (Å²) in [5.74, 6) is 3.13. The van der Waals surface area contributed by atoms with E-state index in [1.807, 2.05) is 30.3 Å². The number of esters is 1. The predicted molar refractivity (Wildman–Crippen MR) is 166 cm³/mol. The number of nitrogens with one attached hydrogen (secondary N) is 2. The number of hydrogen-bond acceptors (Lipinski definition) is 6. The van der Waals surface area contributed by atoms with Crippen LogP contribution in [0.1, 0.15) is 90.5 Å². The zero-order valence-electron chi connectivity index (χ0n) is 25.0. The second-order valence-electron chi connectivity index (χ2n) is 13.4. The number of ether oxygens (including phenoxy) is 1. The molecule has 4 aliphatic carbocycles. The van der Waals surface area contributed by atoms with Crippen LogP contribution in [0.3, 0.4) is 0 Å². The van der Waals surface area contributed by atoms with Gasteiger partial charge in [-0.05, 0) is 110 Å². The Morgan fingerprint density at radius 1 is 1.12 bits per heavy atom. The molecule has 1 aromatic carbocycles. The number of Topliss-reactive ketones (excluding diaryl/α,β-unsaturated/α-hetero) is 1. The Hall–Kier alpha value is -2.61. The molecular formula is C33H46N4O3S. The molecule has 0 radical (unpaired) electrons. The van der Waals surface area contributed by atoms with Crippen LogP contribution in [-0.4, -0.2) is 35.9 Å². The lowest BCUT2D eigenvalue weighted by atomic mass is 9.44. The topological polar surface area (TPSA) is 92.2 Å². The van der Waals surface area contributed by atoms with Gasteiger partial charge in [0.1, 0.15) is 5.78 Å². The van der Waals surface area contributed by atoms with Gasteiger partial charge in [-0.2, -0.15) is 10.2 Å². The number of rotatable bonds is 7. The summed E-state index contributed by atoms with van der Waals surface area (Å²) in [5.41, 5.74) is 7.92. The van der Waals surface area contributed by atoms with Crippen LogP contribution in [0.15, 0.2) is 40.5 Å². The van der Waals surface area contributed by atoms with Crippen molar-refractivity contribution in [3.8, 4) is 0 Å². The van der Waals surface area contributed by atoms with Crippen molar-refractivity contribution in [3.05, 3.63) is 35.9 Å². The second kappa shape index (κ2) is 12.3. The predicted octanol–water partition coefficient (Wildman–Crippen LogP) is 6.27. The minimum atomic E-state index is -0.253. The van der Waals surface area contributed by atoms with Gasteiger partial charge in [0.2, 0.25) is 5.11 Å². The molecule has 222 valence electrons. The molecule has 0 heterocycles. The van der Waals surface area contributed by atoms with Gasteiger partial charge in [0.05, 0.1) is 13.3 Å². The molecule has 1 aromatic rings. The highest BCUT2D eigenvalue weighted by molar-refractivity contribution is 7.80. The van der Waals surface area contributed by atoms with E-state index in [0.29, 0.717) is 59.2 Å². The van der Waals surface area contributed by atoms with Crippen molar-refractivity contribution in [2.75, 3.05) is 7.11 Å². The highest BCUT2D eigenvalue weighted by Crippen LogP contribution is 2.67. The molecule has 0 aromatic heterocycles. The molecule has 0 amide bonds. The van der Waals surface area contributed by atoms with E-state index < -0.39 is 0 Å². The lowest BCUT2D eigenvalue weighted by Crippen LogP contribution is -2.57. The maximum atomic E-state index is 14.0. The first-order valence-corrected chi connectivity index (χ1v) is 15.9. The number of carbonyl (C=O) groups excluding carboxylic acids is 2. The number of carbonyl (C=O) groups is 2. The third-order valence-electron chi connectivity index (χ3n) is 11.6. The number of ketones is 1. The van der Waals surface area contributed by atoms with Crippen LogP contribution in [0.2, 0.25) is 0 Å². The smallest absolute Gasteiger partial charge is 0.305 e. The third kappa shape index (κ3) is 5.86. The fraction of sp³-hybridized carbons (Fsp3) is 0.667. The first-order chi connectivity index (χ1) is 19.7. The summed E-state index contributed by atoms with van der Waals surface area (Å²) in [6.45, 7) is 6.98. The SMILES string of the molecule is COC(=O)CC[C@@H](C)[C@H]1CC[C@H]2[C@@H]3CC[C@@H]4C/C(=N/NC(=S)N/N=C/c5ccccc5)CC[C@]4(C)[C@H]3CC(=O)[C@]12C. The molecular weight excluding hydrogens is 532 g/mol.